The van der Waals surface area contributed by atoms with Crippen molar-refractivity contribution in [3.63, 3.8) is 0 Å². The number of halogens is 1. The van der Waals surface area contributed by atoms with Gasteiger partial charge in [0, 0.05) is 40.1 Å². The van der Waals surface area contributed by atoms with Crippen LogP contribution in [0, 0.1) is 0 Å². The van der Waals surface area contributed by atoms with Gasteiger partial charge in [0.15, 0.2) is 11.5 Å². The first-order valence-corrected chi connectivity index (χ1v) is 9.06. The van der Waals surface area contributed by atoms with E-state index in [0.717, 1.165) is 33.5 Å². The number of nitrogens with one attached hydrogen (secondary N) is 1. The normalized spacial score (nSPS) is 10.7. The van der Waals surface area contributed by atoms with Gasteiger partial charge in [0.1, 0.15) is 0 Å². The molecule has 0 atom stereocenters. The van der Waals surface area contributed by atoms with Gasteiger partial charge < -0.3 is 14.8 Å². The highest BCUT2D eigenvalue weighted by Gasteiger charge is 2.14. The van der Waals surface area contributed by atoms with Crippen molar-refractivity contribution in [2.45, 2.75) is 0 Å². The van der Waals surface area contributed by atoms with E-state index in [-0.39, 0.29) is 0 Å². The van der Waals surface area contributed by atoms with Crippen molar-refractivity contribution in [2.24, 2.45) is 0 Å². The largest absolute Gasteiger partial charge is 0.493 e. The molecule has 0 bridgehead atoms. The Morgan fingerprint density at radius 1 is 0.893 bits per heavy atom. The van der Waals surface area contributed by atoms with E-state index in [2.05, 4.69) is 10.3 Å². The molecule has 0 fully saturated rings. The number of nitrogens with zero attached hydrogens (tertiary/aromatic N) is 2. The maximum Gasteiger partial charge on any atom is 0.162 e. The Morgan fingerprint density at radius 3 is 2.32 bits per heavy atom. The summed E-state index contributed by atoms with van der Waals surface area (Å²) in [4.78, 5) is 8.89. The molecule has 0 aliphatic heterocycles. The smallest absolute Gasteiger partial charge is 0.162 e. The maximum atomic E-state index is 6.42. The van der Waals surface area contributed by atoms with Crippen LogP contribution in [0.3, 0.4) is 0 Å². The minimum absolute atomic E-state index is 0.619. The van der Waals surface area contributed by atoms with Gasteiger partial charge in [-0.3, -0.25) is 4.98 Å². The summed E-state index contributed by atoms with van der Waals surface area (Å²) in [6.07, 6.45) is 3.48. The molecule has 0 saturated carbocycles. The highest BCUT2D eigenvalue weighted by Crippen LogP contribution is 2.38. The van der Waals surface area contributed by atoms with E-state index in [1.165, 1.54) is 0 Å². The number of hydrogen-bond acceptors (Lipinski definition) is 5. The molecule has 6 heteroatoms. The second-order valence-electron chi connectivity index (χ2n) is 6.12. The molecular formula is C22H18ClN3O2. The maximum absolute atomic E-state index is 6.42. The van der Waals surface area contributed by atoms with Gasteiger partial charge in [0.05, 0.1) is 31.1 Å². The fraction of sp³-hybridized carbons (Fsp3) is 0.0909. The number of pyridine rings is 2. The summed E-state index contributed by atoms with van der Waals surface area (Å²) in [6, 6.07) is 17.2. The summed E-state index contributed by atoms with van der Waals surface area (Å²) in [7, 11) is 3.23. The highest BCUT2D eigenvalue weighted by molar-refractivity contribution is 6.33. The average molecular weight is 392 g/mol. The van der Waals surface area contributed by atoms with E-state index in [1.807, 2.05) is 54.6 Å². The quantitative estimate of drug-likeness (QED) is 0.472. The molecule has 2 heterocycles. The monoisotopic (exact) mass is 391 g/mol. The molecule has 4 rings (SSSR count). The zero-order chi connectivity index (χ0) is 19.5. The van der Waals surface area contributed by atoms with Crippen molar-refractivity contribution in [1.29, 1.82) is 0 Å². The van der Waals surface area contributed by atoms with E-state index >= 15 is 0 Å². The highest BCUT2D eigenvalue weighted by atomic mass is 35.5. The van der Waals surface area contributed by atoms with Crippen LogP contribution < -0.4 is 14.8 Å². The topological polar surface area (TPSA) is 56.3 Å². The molecule has 0 unspecified atom stereocenters. The van der Waals surface area contributed by atoms with Crippen LogP contribution in [-0.4, -0.2) is 24.2 Å². The third-order valence-corrected chi connectivity index (χ3v) is 4.75. The number of aromatic nitrogens is 2. The Kier molecular flexibility index (Phi) is 5.00. The predicted molar refractivity (Wildman–Crippen MR) is 113 cm³/mol. The van der Waals surface area contributed by atoms with Gasteiger partial charge in [-0.15, -0.1) is 0 Å². The standard InChI is InChI=1S/C22H18ClN3O2/c1-27-21-11-16-19(25-14-7-9-24-10-8-14)12-18(15-5-3-4-6-17(15)23)26-20(16)13-22(21)28-2/h3-13H,1-2H3,(H,24,25,26). The van der Waals surface area contributed by atoms with Gasteiger partial charge in [-0.25, -0.2) is 4.98 Å². The van der Waals surface area contributed by atoms with Crippen LogP contribution >= 0.6 is 11.6 Å². The number of benzene rings is 2. The van der Waals surface area contributed by atoms with Crippen molar-refractivity contribution in [3.8, 4) is 22.8 Å². The number of rotatable bonds is 5. The first kappa shape index (κ1) is 18.1. The Bertz CT molecular complexity index is 1130. The molecule has 0 radical (unpaired) electrons. The molecule has 0 aliphatic carbocycles. The van der Waals surface area contributed by atoms with Crippen LogP contribution in [0.4, 0.5) is 11.4 Å². The fourth-order valence-corrected chi connectivity index (χ4v) is 3.29. The summed E-state index contributed by atoms with van der Waals surface area (Å²) in [5, 5.41) is 5.00. The van der Waals surface area contributed by atoms with Crippen LogP contribution in [0.2, 0.25) is 5.02 Å². The second kappa shape index (κ2) is 7.74. The van der Waals surface area contributed by atoms with Gasteiger partial charge in [-0.1, -0.05) is 29.8 Å². The fourth-order valence-electron chi connectivity index (χ4n) is 3.05. The van der Waals surface area contributed by atoms with E-state index in [4.69, 9.17) is 26.1 Å². The molecule has 5 nitrogen and oxygen atoms in total. The van der Waals surface area contributed by atoms with E-state index < -0.39 is 0 Å². The summed E-state index contributed by atoms with van der Waals surface area (Å²) in [5.41, 5.74) is 4.20. The predicted octanol–water partition coefficient (Wildman–Crippen LogP) is 5.71. The number of ether oxygens (including phenoxy) is 2. The summed E-state index contributed by atoms with van der Waals surface area (Å²) in [6.45, 7) is 0. The van der Waals surface area contributed by atoms with Crippen LogP contribution in [0.1, 0.15) is 0 Å². The van der Waals surface area contributed by atoms with Gasteiger partial charge in [0.25, 0.3) is 0 Å². The van der Waals surface area contributed by atoms with Crippen molar-refractivity contribution >= 4 is 33.9 Å². The molecule has 0 amide bonds. The average Bonchev–Trinajstić information content (AvgIpc) is 2.73. The Hall–Kier alpha value is -3.31. The summed E-state index contributed by atoms with van der Waals surface area (Å²) >= 11 is 6.42. The lowest BCUT2D eigenvalue weighted by molar-refractivity contribution is 0.356. The molecule has 4 aromatic rings. The third kappa shape index (κ3) is 3.44. The Balaban J connectivity index is 1.96. The van der Waals surface area contributed by atoms with Gasteiger partial charge in [-0.2, -0.15) is 0 Å². The van der Waals surface area contributed by atoms with Crippen molar-refractivity contribution < 1.29 is 9.47 Å². The van der Waals surface area contributed by atoms with Gasteiger partial charge >= 0.3 is 0 Å². The van der Waals surface area contributed by atoms with Crippen LogP contribution in [-0.2, 0) is 0 Å². The lowest BCUT2D eigenvalue weighted by atomic mass is 10.1. The van der Waals surface area contributed by atoms with Crippen LogP contribution in [0.5, 0.6) is 11.5 Å². The molecule has 2 aromatic carbocycles. The molecular weight excluding hydrogens is 374 g/mol. The first-order valence-electron chi connectivity index (χ1n) is 8.68. The molecule has 0 aliphatic rings. The zero-order valence-corrected chi connectivity index (χ0v) is 16.2. The van der Waals surface area contributed by atoms with Crippen molar-refractivity contribution in [3.05, 3.63) is 72.0 Å². The lowest BCUT2D eigenvalue weighted by Gasteiger charge is -2.15. The molecule has 28 heavy (non-hydrogen) atoms. The molecule has 140 valence electrons. The second-order valence-corrected chi connectivity index (χ2v) is 6.53. The summed E-state index contributed by atoms with van der Waals surface area (Å²) in [5.74, 6) is 1.26. The molecule has 0 saturated heterocycles. The number of methoxy groups -OCH3 is 2. The molecule has 1 N–H and O–H groups in total. The van der Waals surface area contributed by atoms with Crippen LogP contribution in [0.25, 0.3) is 22.2 Å². The minimum Gasteiger partial charge on any atom is -0.493 e. The summed E-state index contributed by atoms with van der Waals surface area (Å²) < 4.78 is 10.9. The Labute approximate surface area is 167 Å². The first-order chi connectivity index (χ1) is 13.7. The molecule has 0 spiro atoms. The Morgan fingerprint density at radius 2 is 1.61 bits per heavy atom. The van der Waals surface area contributed by atoms with E-state index in [1.54, 1.807) is 26.6 Å². The van der Waals surface area contributed by atoms with Crippen LogP contribution in [0.15, 0.2) is 67.0 Å². The van der Waals surface area contributed by atoms with Gasteiger partial charge in [0.2, 0.25) is 0 Å². The zero-order valence-electron chi connectivity index (χ0n) is 15.4. The SMILES string of the molecule is COc1cc2nc(-c3ccccc3Cl)cc(Nc3ccncc3)c2cc1OC. The van der Waals surface area contributed by atoms with Crippen molar-refractivity contribution in [2.75, 3.05) is 19.5 Å². The van der Waals surface area contributed by atoms with Crippen molar-refractivity contribution in [1.82, 2.24) is 9.97 Å². The molecule has 2 aromatic heterocycles. The number of hydrogen-bond donors (Lipinski definition) is 1. The van der Waals surface area contributed by atoms with Gasteiger partial charge in [-0.05, 0) is 30.3 Å². The van der Waals surface area contributed by atoms with E-state index in [0.29, 0.717) is 16.5 Å². The lowest BCUT2D eigenvalue weighted by Crippen LogP contribution is -1.97. The minimum atomic E-state index is 0.619. The number of fused-ring (bicyclic) bond motifs is 1. The van der Waals surface area contributed by atoms with E-state index in [9.17, 15) is 0 Å². The third-order valence-electron chi connectivity index (χ3n) is 4.42. The number of anilines is 2.